The number of carbonyl (C=O) groups excluding carboxylic acids is 1. The molecule has 1 amide bonds. The molecule has 0 spiro atoms. The SMILES string of the molecule is CC(c1cc(F)c2c(c1)C(=O)N(Cc1ccc(Cl)cc1S(C)(=O)=O)[C@@]2(OCC1(O)CC1)c1ccc(Cl)cc1)c1cnn(C)c1. The van der Waals surface area contributed by atoms with Crippen molar-refractivity contribution in [2.24, 2.45) is 7.05 Å². The molecule has 2 aliphatic rings. The van der Waals surface area contributed by atoms with Crippen LogP contribution in [0.3, 0.4) is 0 Å². The normalized spacial score (nSPS) is 19.7. The van der Waals surface area contributed by atoms with E-state index in [1.807, 2.05) is 13.1 Å². The molecule has 4 aromatic rings. The van der Waals surface area contributed by atoms with Crippen LogP contribution in [0.15, 0.2) is 71.9 Å². The van der Waals surface area contributed by atoms with Gasteiger partial charge in [-0.2, -0.15) is 5.10 Å². The van der Waals surface area contributed by atoms with Gasteiger partial charge >= 0.3 is 0 Å². The topological polar surface area (TPSA) is 102 Å². The van der Waals surface area contributed by atoms with E-state index < -0.39 is 32.9 Å². The number of hydrogen-bond acceptors (Lipinski definition) is 6. The Morgan fingerprint density at radius 2 is 1.75 bits per heavy atom. The van der Waals surface area contributed by atoms with Crippen molar-refractivity contribution in [1.82, 2.24) is 14.7 Å². The van der Waals surface area contributed by atoms with Gasteiger partial charge in [0.25, 0.3) is 5.91 Å². The number of aliphatic hydroxyl groups is 1. The molecule has 2 heterocycles. The highest BCUT2D eigenvalue weighted by Crippen LogP contribution is 2.50. The zero-order valence-electron chi connectivity index (χ0n) is 24.2. The molecule has 0 bridgehead atoms. The lowest BCUT2D eigenvalue weighted by molar-refractivity contribution is -0.139. The molecule has 1 aliphatic heterocycles. The predicted molar refractivity (Wildman–Crippen MR) is 164 cm³/mol. The molecule has 3 aromatic carbocycles. The van der Waals surface area contributed by atoms with E-state index in [2.05, 4.69) is 5.10 Å². The fraction of sp³-hybridized carbons (Fsp3) is 0.312. The minimum Gasteiger partial charge on any atom is -0.387 e. The second-order valence-electron chi connectivity index (χ2n) is 11.7. The van der Waals surface area contributed by atoms with Crippen LogP contribution in [0.25, 0.3) is 0 Å². The minimum atomic E-state index is -3.77. The predicted octanol–water partition coefficient (Wildman–Crippen LogP) is 5.82. The summed E-state index contributed by atoms with van der Waals surface area (Å²) >= 11 is 12.4. The maximum Gasteiger partial charge on any atom is 0.257 e. The third kappa shape index (κ3) is 5.43. The zero-order chi connectivity index (χ0) is 31.6. The summed E-state index contributed by atoms with van der Waals surface area (Å²) in [7, 11) is -1.99. The van der Waals surface area contributed by atoms with Crippen molar-refractivity contribution in [3.63, 3.8) is 0 Å². The summed E-state index contributed by atoms with van der Waals surface area (Å²) < 4.78 is 50.5. The first-order valence-corrected chi connectivity index (χ1v) is 16.6. The summed E-state index contributed by atoms with van der Waals surface area (Å²) in [5.74, 6) is -1.54. The molecular weight excluding hydrogens is 628 g/mol. The minimum absolute atomic E-state index is 0.0221. The molecule has 0 radical (unpaired) electrons. The molecule has 0 saturated heterocycles. The second kappa shape index (κ2) is 11.0. The lowest BCUT2D eigenvalue weighted by Crippen LogP contribution is -2.48. The lowest BCUT2D eigenvalue weighted by Gasteiger charge is -2.40. The van der Waals surface area contributed by atoms with Gasteiger partial charge in [-0.25, -0.2) is 12.8 Å². The van der Waals surface area contributed by atoms with Crippen molar-refractivity contribution in [2.45, 2.75) is 48.4 Å². The Morgan fingerprint density at radius 3 is 2.36 bits per heavy atom. The third-order valence-electron chi connectivity index (χ3n) is 8.40. The van der Waals surface area contributed by atoms with E-state index in [1.165, 1.54) is 29.2 Å². The number of aryl methyl sites for hydroxylation is 1. The van der Waals surface area contributed by atoms with Gasteiger partial charge in [0.2, 0.25) is 0 Å². The van der Waals surface area contributed by atoms with E-state index in [0.717, 1.165) is 11.8 Å². The Hall–Kier alpha value is -3.28. The van der Waals surface area contributed by atoms with Crippen molar-refractivity contribution in [1.29, 1.82) is 0 Å². The highest BCUT2D eigenvalue weighted by molar-refractivity contribution is 7.90. The number of amides is 1. The lowest BCUT2D eigenvalue weighted by atomic mass is 9.88. The first kappa shape index (κ1) is 30.7. The number of sulfone groups is 1. The van der Waals surface area contributed by atoms with E-state index in [0.29, 0.717) is 29.0 Å². The number of halogens is 3. The number of fused-ring (bicyclic) bond motifs is 1. The van der Waals surface area contributed by atoms with Crippen LogP contribution in [0.1, 0.15) is 63.9 Å². The average molecular weight is 659 g/mol. The Labute approximate surface area is 264 Å². The Balaban J connectivity index is 1.58. The van der Waals surface area contributed by atoms with E-state index in [-0.39, 0.29) is 45.7 Å². The highest BCUT2D eigenvalue weighted by atomic mass is 35.5. The zero-order valence-corrected chi connectivity index (χ0v) is 26.5. The second-order valence-corrected chi connectivity index (χ2v) is 14.5. The van der Waals surface area contributed by atoms with Gasteiger partial charge in [0.15, 0.2) is 15.6 Å². The van der Waals surface area contributed by atoms with Crippen LogP contribution in [0.2, 0.25) is 10.0 Å². The monoisotopic (exact) mass is 657 g/mol. The summed E-state index contributed by atoms with van der Waals surface area (Å²) in [5, 5.41) is 15.7. The van der Waals surface area contributed by atoms with Crippen LogP contribution in [-0.4, -0.2) is 52.6 Å². The van der Waals surface area contributed by atoms with Crippen LogP contribution in [0.5, 0.6) is 0 Å². The molecule has 44 heavy (non-hydrogen) atoms. The number of carbonyl (C=O) groups is 1. The van der Waals surface area contributed by atoms with Gasteiger partial charge in [0.1, 0.15) is 5.82 Å². The molecule has 1 unspecified atom stereocenters. The van der Waals surface area contributed by atoms with Crippen molar-refractivity contribution < 1.29 is 27.4 Å². The van der Waals surface area contributed by atoms with Gasteiger partial charge < -0.3 is 9.84 Å². The summed E-state index contributed by atoms with van der Waals surface area (Å²) in [5.41, 5.74) is -0.878. The highest BCUT2D eigenvalue weighted by Gasteiger charge is 2.56. The molecule has 6 rings (SSSR count). The average Bonchev–Trinajstić information content (AvgIpc) is 3.46. The molecule has 8 nitrogen and oxygen atoms in total. The van der Waals surface area contributed by atoms with Crippen molar-refractivity contribution in [3.05, 3.63) is 116 Å². The molecule has 1 saturated carbocycles. The molecule has 1 aliphatic carbocycles. The number of aromatic nitrogens is 2. The number of rotatable bonds is 9. The molecule has 1 N–H and O–H groups in total. The fourth-order valence-corrected chi connectivity index (χ4v) is 7.08. The van der Waals surface area contributed by atoms with E-state index in [9.17, 15) is 18.3 Å². The number of hydrogen-bond donors (Lipinski definition) is 1. The van der Waals surface area contributed by atoms with Gasteiger partial charge in [-0.05, 0) is 65.9 Å². The van der Waals surface area contributed by atoms with Gasteiger partial charge in [-0.3, -0.25) is 14.4 Å². The van der Waals surface area contributed by atoms with Gasteiger partial charge in [-0.1, -0.05) is 48.3 Å². The Kier molecular flexibility index (Phi) is 7.65. The summed E-state index contributed by atoms with van der Waals surface area (Å²) in [6.45, 7) is 1.44. The molecule has 12 heteroatoms. The molecule has 1 aromatic heterocycles. The summed E-state index contributed by atoms with van der Waals surface area (Å²) in [4.78, 5) is 15.8. The van der Waals surface area contributed by atoms with Crippen LogP contribution in [0, 0.1) is 5.82 Å². The van der Waals surface area contributed by atoms with Gasteiger partial charge in [0.05, 0.1) is 41.0 Å². The number of benzene rings is 3. The van der Waals surface area contributed by atoms with Crippen LogP contribution < -0.4 is 0 Å². The number of nitrogens with zero attached hydrogens (tertiary/aromatic N) is 3. The quantitative estimate of drug-likeness (QED) is 0.243. The molecular formula is C32H30Cl2FN3O5S. The van der Waals surface area contributed by atoms with Crippen molar-refractivity contribution >= 4 is 38.9 Å². The molecule has 2 atom stereocenters. The van der Waals surface area contributed by atoms with E-state index in [1.54, 1.807) is 48.3 Å². The summed E-state index contributed by atoms with van der Waals surface area (Å²) in [6, 6.07) is 13.9. The summed E-state index contributed by atoms with van der Waals surface area (Å²) in [6.07, 6.45) is 5.55. The first-order chi connectivity index (χ1) is 20.7. The van der Waals surface area contributed by atoms with Gasteiger partial charge in [-0.15, -0.1) is 0 Å². The van der Waals surface area contributed by atoms with Crippen molar-refractivity contribution in [2.75, 3.05) is 12.9 Å². The largest absolute Gasteiger partial charge is 0.387 e. The van der Waals surface area contributed by atoms with E-state index in [4.69, 9.17) is 27.9 Å². The Bertz CT molecular complexity index is 1890. The molecule has 230 valence electrons. The smallest absolute Gasteiger partial charge is 0.257 e. The maximum absolute atomic E-state index is 16.7. The first-order valence-electron chi connectivity index (χ1n) is 14.0. The third-order valence-corrected chi connectivity index (χ3v) is 10.1. The molecule has 1 fully saturated rings. The fourth-order valence-electron chi connectivity index (χ4n) is 5.76. The standard InChI is InChI=1S/C32H30Cl2FN3O5S/c1-19(22-15-36-37(2)16-22)21-12-26-29(27(35)13-21)32(43-18-31(40)10-11-31,23-5-8-24(33)9-6-23)38(30(26)39)17-20-4-7-25(34)14-28(20)44(3,41)42/h4-9,12-16,19,40H,10-11,17-18H2,1-3H3/t19?,32-/m1/s1. The van der Waals surface area contributed by atoms with E-state index >= 15 is 4.39 Å². The Morgan fingerprint density at radius 1 is 1.07 bits per heavy atom. The number of ether oxygens (including phenoxy) is 1. The maximum atomic E-state index is 16.7. The van der Waals surface area contributed by atoms with Crippen LogP contribution in [0.4, 0.5) is 4.39 Å². The van der Waals surface area contributed by atoms with Crippen LogP contribution >= 0.6 is 23.2 Å². The van der Waals surface area contributed by atoms with Gasteiger partial charge in [0, 0.05) is 41.0 Å². The van der Waals surface area contributed by atoms with Crippen LogP contribution in [-0.2, 0) is 33.9 Å². The van der Waals surface area contributed by atoms with Crippen molar-refractivity contribution in [3.8, 4) is 0 Å².